The molecule has 5 aromatic rings. The third kappa shape index (κ3) is 10.5. The summed E-state index contributed by atoms with van der Waals surface area (Å²) in [7, 11) is 0. The summed E-state index contributed by atoms with van der Waals surface area (Å²) >= 11 is 3.35. The third-order valence-corrected chi connectivity index (χ3v) is 11.1. The van der Waals surface area contributed by atoms with E-state index in [0.29, 0.717) is 42.7 Å². The zero-order valence-electron chi connectivity index (χ0n) is 33.6. The lowest BCUT2D eigenvalue weighted by Crippen LogP contribution is -2.40. The average Bonchev–Trinajstić information content (AvgIpc) is 3.28. The first-order chi connectivity index (χ1) is 29.6. The van der Waals surface area contributed by atoms with Crippen LogP contribution in [0.1, 0.15) is 51.9 Å². The molecule has 6 N–H and O–H groups in total. The number of aryl methyl sites for hydroxylation is 3. The van der Waals surface area contributed by atoms with Gasteiger partial charge in [0.25, 0.3) is 0 Å². The topological polar surface area (TPSA) is 233 Å². The van der Waals surface area contributed by atoms with Crippen LogP contribution in [0.15, 0.2) is 78.2 Å². The molecule has 0 saturated carbocycles. The van der Waals surface area contributed by atoms with Crippen LogP contribution in [0.25, 0.3) is 22.3 Å². The van der Waals surface area contributed by atoms with Crippen LogP contribution in [0.3, 0.4) is 0 Å². The molecule has 0 atom stereocenters. The molecular weight excluding hydrogens is 844 g/mol. The second-order valence-electron chi connectivity index (χ2n) is 14.9. The molecule has 9 rings (SSSR count). The van der Waals surface area contributed by atoms with Gasteiger partial charge < -0.3 is 21.9 Å². The lowest BCUT2D eigenvalue weighted by Gasteiger charge is -2.27. The molecule has 5 aromatic heterocycles. The second kappa shape index (κ2) is 19.8. The number of hydrogen-bond acceptors (Lipinski definition) is 11. The van der Waals surface area contributed by atoms with Crippen molar-refractivity contribution in [1.82, 2.24) is 29.8 Å². The molecule has 0 aromatic carbocycles. The van der Waals surface area contributed by atoms with Gasteiger partial charge in [-0.25, -0.2) is 29.3 Å². The standard InChI is InChI=1S/C19H23N5O2.C15H14N4O2.C9H10BrN3O/c20-19(25)24-3-1-2-15-9-17(12-22-18(15)24)16-8-14(10-21-11-16)13-23-4-6-26-7-5-23;16-15(21)19-3-1-2-11-5-13(8-18-14(11)19)12-4-10(9-20)6-17-7-12;10-7-4-6-2-1-3-13(9(11)14)8(6)12-5-7/h8-12H,1-7,13H2,(H2,20,25);4-9H,1-3H2,(H2,16,21);4-5H,1-3H2,(H2,11,14). The van der Waals surface area contributed by atoms with Gasteiger partial charge in [-0.3, -0.25) is 34.4 Å². The van der Waals surface area contributed by atoms with Crippen LogP contribution in [0, 0.1) is 0 Å². The van der Waals surface area contributed by atoms with Crippen molar-refractivity contribution in [2.45, 2.75) is 45.1 Å². The van der Waals surface area contributed by atoms with Gasteiger partial charge in [0.15, 0.2) is 6.29 Å². The van der Waals surface area contributed by atoms with Gasteiger partial charge in [-0.05, 0) is 107 Å². The van der Waals surface area contributed by atoms with Gasteiger partial charge in [0.2, 0.25) is 0 Å². The number of ether oxygens (including phenoxy) is 1. The SMILES string of the molecule is NC(=O)N1CCCc2cc(-c3cncc(C=O)c3)cnc21.NC(=O)N1CCCc2cc(-c3cncc(CN4CCOCC4)c3)cnc21.NC(=O)N1CCCc2cc(Br)cnc21. The number of pyridine rings is 5. The zero-order chi connectivity index (χ0) is 42.9. The Morgan fingerprint density at radius 2 is 1.05 bits per heavy atom. The first-order valence-corrected chi connectivity index (χ1v) is 20.9. The number of halogens is 1. The predicted octanol–water partition coefficient (Wildman–Crippen LogP) is 5.27. The van der Waals surface area contributed by atoms with E-state index in [0.717, 1.165) is 121 Å². The summed E-state index contributed by atoms with van der Waals surface area (Å²) in [5, 5.41) is 0. The molecule has 6 amide bonds. The van der Waals surface area contributed by atoms with Crippen LogP contribution in [0.4, 0.5) is 31.8 Å². The van der Waals surface area contributed by atoms with Crippen molar-refractivity contribution in [2.24, 2.45) is 17.2 Å². The number of aldehydes is 1. The molecule has 18 heteroatoms. The monoisotopic (exact) mass is 890 g/mol. The number of anilines is 3. The van der Waals surface area contributed by atoms with E-state index in [1.807, 2.05) is 24.5 Å². The number of amides is 6. The number of hydrogen-bond donors (Lipinski definition) is 3. The van der Waals surface area contributed by atoms with Crippen LogP contribution < -0.4 is 31.9 Å². The summed E-state index contributed by atoms with van der Waals surface area (Å²) in [6.45, 7) is 6.24. The first-order valence-electron chi connectivity index (χ1n) is 20.1. The number of carbonyl (C=O) groups excluding carboxylic acids is 4. The van der Waals surface area contributed by atoms with Crippen molar-refractivity contribution in [1.29, 1.82) is 0 Å². The summed E-state index contributed by atoms with van der Waals surface area (Å²) in [6, 6.07) is 8.63. The van der Waals surface area contributed by atoms with Crippen molar-refractivity contribution >= 4 is 57.8 Å². The highest BCUT2D eigenvalue weighted by atomic mass is 79.9. The van der Waals surface area contributed by atoms with Crippen LogP contribution in [0.2, 0.25) is 0 Å². The molecule has 0 spiro atoms. The lowest BCUT2D eigenvalue weighted by molar-refractivity contribution is 0.0341. The lowest BCUT2D eigenvalue weighted by atomic mass is 10.0. The van der Waals surface area contributed by atoms with Gasteiger partial charge in [0, 0.05) is 115 Å². The fraction of sp³-hybridized carbons (Fsp3) is 0.326. The third-order valence-electron chi connectivity index (χ3n) is 10.7. The van der Waals surface area contributed by atoms with Gasteiger partial charge in [-0.15, -0.1) is 0 Å². The number of rotatable bonds is 5. The summed E-state index contributed by atoms with van der Waals surface area (Å²) in [6.07, 6.45) is 18.3. The van der Waals surface area contributed by atoms with Gasteiger partial charge in [0.1, 0.15) is 17.5 Å². The van der Waals surface area contributed by atoms with E-state index < -0.39 is 18.1 Å². The maximum Gasteiger partial charge on any atom is 0.320 e. The number of primary amides is 3. The Morgan fingerprint density at radius 1 is 0.590 bits per heavy atom. The van der Waals surface area contributed by atoms with E-state index in [4.69, 9.17) is 21.9 Å². The van der Waals surface area contributed by atoms with Crippen LogP contribution in [-0.2, 0) is 30.5 Å². The quantitative estimate of drug-likeness (QED) is 0.192. The summed E-state index contributed by atoms with van der Waals surface area (Å²) < 4.78 is 6.34. The Morgan fingerprint density at radius 3 is 1.56 bits per heavy atom. The highest BCUT2D eigenvalue weighted by Gasteiger charge is 2.25. The molecule has 316 valence electrons. The van der Waals surface area contributed by atoms with Crippen molar-refractivity contribution in [3.05, 3.63) is 106 Å². The van der Waals surface area contributed by atoms with E-state index in [1.165, 1.54) is 21.6 Å². The van der Waals surface area contributed by atoms with E-state index in [9.17, 15) is 19.2 Å². The van der Waals surface area contributed by atoms with Crippen LogP contribution in [-0.4, -0.2) is 100 Å². The second-order valence-corrected chi connectivity index (χ2v) is 15.8. The predicted molar refractivity (Wildman–Crippen MR) is 234 cm³/mol. The molecule has 1 saturated heterocycles. The smallest absolute Gasteiger partial charge is 0.320 e. The molecule has 0 aliphatic carbocycles. The maximum absolute atomic E-state index is 11.6. The number of nitrogens with zero attached hydrogens (tertiary/aromatic N) is 9. The Labute approximate surface area is 361 Å². The normalized spacial score (nSPS) is 15.7. The van der Waals surface area contributed by atoms with Gasteiger partial charge in [-0.1, -0.05) is 0 Å². The minimum atomic E-state index is -0.485. The molecule has 0 bridgehead atoms. The molecule has 0 unspecified atom stereocenters. The highest BCUT2D eigenvalue weighted by molar-refractivity contribution is 9.10. The van der Waals surface area contributed by atoms with Crippen molar-refractivity contribution < 1.29 is 23.9 Å². The minimum absolute atomic E-state index is 0.430. The fourth-order valence-corrected chi connectivity index (χ4v) is 8.13. The Hall–Kier alpha value is -6.37. The molecule has 1 fully saturated rings. The minimum Gasteiger partial charge on any atom is -0.379 e. The Balaban J connectivity index is 0.000000144. The van der Waals surface area contributed by atoms with Crippen LogP contribution >= 0.6 is 15.9 Å². The largest absolute Gasteiger partial charge is 0.379 e. The number of nitrogens with two attached hydrogens (primary N) is 3. The van der Waals surface area contributed by atoms with Crippen LogP contribution in [0.5, 0.6) is 0 Å². The van der Waals surface area contributed by atoms with Gasteiger partial charge >= 0.3 is 18.1 Å². The summed E-state index contributed by atoms with van der Waals surface area (Å²) in [5.41, 5.74) is 24.7. The summed E-state index contributed by atoms with van der Waals surface area (Å²) in [4.78, 5) is 73.4. The van der Waals surface area contributed by atoms with Crippen molar-refractivity contribution in [3.8, 4) is 22.3 Å². The number of carbonyl (C=O) groups is 4. The van der Waals surface area contributed by atoms with E-state index >= 15 is 0 Å². The van der Waals surface area contributed by atoms with Gasteiger partial charge in [-0.2, -0.15) is 0 Å². The maximum atomic E-state index is 11.6. The average molecular weight is 892 g/mol. The molecule has 17 nitrogen and oxygen atoms in total. The molecule has 61 heavy (non-hydrogen) atoms. The Kier molecular flexibility index (Phi) is 13.9. The highest BCUT2D eigenvalue weighted by Crippen LogP contribution is 2.31. The molecule has 0 radical (unpaired) electrons. The van der Waals surface area contributed by atoms with E-state index in [-0.39, 0.29) is 0 Å². The van der Waals surface area contributed by atoms with E-state index in [1.54, 1.807) is 35.8 Å². The van der Waals surface area contributed by atoms with Gasteiger partial charge in [0.05, 0.1) is 13.2 Å². The number of urea groups is 3. The summed E-state index contributed by atoms with van der Waals surface area (Å²) in [5.74, 6) is 2.01. The fourth-order valence-electron chi connectivity index (χ4n) is 7.75. The number of fused-ring (bicyclic) bond motifs is 3. The Bertz CT molecular complexity index is 2410. The molecule has 4 aliphatic rings. The number of aromatic nitrogens is 5. The molecule has 4 aliphatic heterocycles. The zero-order valence-corrected chi connectivity index (χ0v) is 35.2. The van der Waals surface area contributed by atoms with Crippen molar-refractivity contribution in [3.63, 3.8) is 0 Å². The molecule has 9 heterocycles. The first kappa shape index (κ1) is 42.7. The molecular formula is C43H47BrN12O5. The number of morpholine rings is 1. The van der Waals surface area contributed by atoms with E-state index in [2.05, 4.69) is 57.9 Å². The van der Waals surface area contributed by atoms with Crippen molar-refractivity contribution in [2.75, 3.05) is 60.6 Å².